The Balaban J connectivity index is 1.73. The van der Waals surface area contributed by atoms with Gasteiger partial charge in [0.25, 0.3) is 5.56 Å². The summed E-state index contributed by atoms with van der Waals surface area (Å²) in [6.07, 6.45) is 2.81. The van der Waals surface area contributed by atoms with Gasteiger partial charge in [0.05, 0.1) is 6.10 Å². The van der Waals surface area contributed by atoms with Crippen molar-refractivity contribution in [2.24, 2.45) is 5.92 Å². The molecule has 1 N–H and O–H groups in total. The molecule has 1 aromatic heterocycles. The lowest BCUT2D eigenvalue weighted by atomic mass is 9.75. The van der Waals surface area contributed by atoms with Gasteiger partial charge in [-0.25, -0.2) is 0 Å². The van der Waals surface area contributed by atoms with Gasteiger partial charge >= 0.3 is 0 Å². The lowest BCUT2D eigenvalue weighted by Gasteiger charge is -2.51. The summed E-state index contributed by atoms with van der Waals surface area (Å²) in [4.78, 5) is 14.6. The first-order valence-electron chi connectivity index (χ1n) is 7.34. The summed E-state index contributed by atoms with van der Waals surface area (Å²) >= 11 is 0. The lowest BCUT2D eigenvalue weighted by Crippen LogP contribution is -2.56. The summed E-state index contributed by atoms with van der Waals surface area (Å²) in [5.41, 5.74) is 1.35. The molecule has 0 radical (unpaired) electrons. The zero-order valence-electron chi connectivity index (χ0n) is 11.0. The van der Waals surface area contributed by atoms with Crippen LogP contribution in [0.5, 0.6) is 0 Å². The molecule has 0 amide bonds. The van der Waals surface area contributed by atoms with Crippen molar-refractivity contribution in [2.45, 2.75) is 43.9 Å². The van der Waals surface area contributed by atoms with E-state index in [1.165, 1.54) is 12.1 Å². The van der Waals surface area contributed by atoms with Gasteiger partial charge in [-0.05, 0) is 31.2 Å². The predicted molar refractivity (Wildman–Crippen MR) is 72.2 cm³/mol. The SMILES string of the molecule is O=c1cccc2n1C[C@@H]1C[C@@H]2CN2CC[C@@H](O)C[C@H]12. The molecule has 0 aromatic carbocycles. The minimum Gasteiger partial charge on any atom is -0.393 e. The number of rotatable bonds is 0. The number of fused-ring (bicyclic) bond motifs is 6. The van der Waals surface area contributed by atoms with Crippen molar-refractivity contribution in [1.82, 2.24) is 9.47 Å². The number of nitrogens with zero attached hydrogens (tertiary/aromatic N) is 2. The Kier molecular flexibility index (Phi) is 2.57. The van der Waals surface area contributed by atoms with Crippen LogP contribution in [-0.2, 0) is 6.54 Å². The fraction of sp³-hybridized carbons (Fsp3) is 0.667. The molecule has 2 fully saturated rings. The highest BCUT2D eigenvalue weighted by atomic mass is 16.3. The number of pyridine rings is 1. The molecular weight excluding hydrogens is 240 g/mol. The van der Waals surface area contributed by atoms with Crippen LogP contribution in [0.3, 0.4) is 0 Å². The molecule has 1 aromatic rings. The van der Waals surface area contributed by atoms with E-state index in [0.29, 0.717) is 17.9 Å². The van der Waals surface area contributed by atoms with Gasteiger partial charge in [0.15, 0.2) is 0 Å². The van der Waals surface area contributed by atoms with E-state index in [2.05, 4.69) is 11.0 Å². The molecule has 19 heavy (non-hydrogen) atoms. The Morgan fingerprint density at radius 2 is 2.11 bits per heavy atom. The summed E-state index contributed by atoms with van der Waals surface area (Å²) in [6, 6.07) is 6.14. The van der Waals surface area contributed by atoms with Crippen LogP contribution in [0.15, 0.2) is 23.0 Å². The average molecular weight is 260 g/mol. The van der Waals surface area contributed by atoms with E-state index in [4.69, 9.17) is 0 Å². The number of piperidine rings is 2. The van der Waals surface area contributed by atoms with Crippen molar-refractivity contribution in [1.29, 1.82) is 0 Å². The molecule has 3 aliphatic rings. The third kappa shape index (κ3) is 1.77. The number of hydrogen-bond acceptors (Lipinski definition) is 3. The van der Waals surface area contributed by atoms with Gasteiger partial charge in [0.1, 0.15) is 0 Å². The van der Waals surface area contributed by atoms with Crippen LogP contribution in [0.2, 0.25) is 0 Å². The molecule has 102 valence electrons. The van der Waals surface area contributed by atoms with Gasteiger partial charge < -0.3 is 9.67 Å². The molecule has 3 aliphatic heterocycles. The molecular formula is C15H20N2O2. The molecule has 2 saturated heterocycles. The highest BCUT2D eigenvalue weighted by molar-refractivity contribution is 5.18. The average Bonchev–Trinajstić information content (AvgIpc) is 2.41. The van der Waals surface area contributed by atoms with Crippen LogP contribution in [0.1, 0.15) is 30.9 Å². The maximum Gasteiger partial charge on any atom is 0.250 e. The minimum atomic E-state index is -0.147. The second-order valence-electron chi connectivity index (χ2n) is 6.33. The zero-order chi connectivity index (χ0) is 13.0. The molecule has 4 atom stereocenters. The van der Waals surface area contributed by atoms with Crippen molar-refractivity contribution in [2.75, 3.05) is 13.1 Å². The van der Waals surface area contributed by atoms with E-state index in [1.807, 2.05) is 10.6 Å². The van der Waals surface area contributed by atoms with Crippen LogP contribution in [0.25, 0.3) is 0 Å². The Morgan fingerprint density at radius 1 is 1.21 bits per heavy atom. The van der Waals surface area contributed by atoms with Gasteiger partial charge in [-0.2, -0.15) is 0 Å². The van der Waals surface area contributed by atoms with Crippen molar-refractivity contribution in [3.8, 4) is 0 Å². The standard InChI is InChI=1S/C15H20N2O2/c18-12-4-5-16-8-10-6-11(14(16)7-12)9-17-13(10)2-1-3-15(17)19/h1-3,10-12,14,18H,4-9H2/t10-,11+,12-,14-/m1/s1. The zero-order valence-corrected chi connectivity index (χ0v) is 11.0. The van der Waals surface area contributed by atoms with Gasteiger partial charge in [0.2, 0.25) is 0 Å². The molecule has 2 bridgehead atoms. The monoisotopic (exact) mass is 260 g/mol. The number of aliphatic hydroxyl groups excluding tert-OH is 1. The maximum absolute atomic E-state index is 12.0. The maximum atomic E-state index is 12.0. The van der Waals surface area contributed by atoms with E-state index >= 15 is 0 Å². The van der Waals surface area contributed by atoms with Crippen LogP contribution >= 0.6 is 0 Å². The van der Waals surface area contributed by atoms with E-state index in [-0.39, 0.29) is 11.7 Å². The molecule has 4 heteroatoms. The van der Waals surface area contributed by atoms with Crippen LogP contribution < -0.4 is 5.56 Å². The van der Waals surface area contributed by atoms with E-state index in [9.17, 15) is 9.90 Å². The second kappa shape index (κ2) is 4.18. The first-order valence-corrected chi connectivity index (χ1v) is 7.34. The molecule has 0 aliphatic carbocycles. The first kappa shape index (κ1) is 11.7. The van der Waals surface area contributed by atoms with Crippen LogP contribution in [0.4, 0.5) is 0 Å². The Bertz CT molecular complexity index is 553. The molecule has 4 rings (SSSR count). The summed E-state index contributed by atoms with van der Waals surface area (Å²) in [5, 5.41) is 9.90. The molecule has 0 spiro atoms. The third-order valence-corrected chi connectivity index (χ3v) is 5.24. The van der Waals surface area contributed by atoms with Crippen LogP contribution in [-0.4, -0.2) is 39.8 Å². The predicted octanol–water partition coefficient (Wildman–Crippen LogP) is 0.791. The summed E-state index contributed by atoms with van der Waals surface area (Å²) in [7, 11) is 0. The van der Waals surface area contributed by atoms with Gasteiger partial charge in [0, 0.05) is 43.4 Å². The van der Waals surface area contributed by atoms with Gasteiger partial charge in [-0.1, -0.05) is 6.07 Å². The fourth-order valence-corrected chi connectivity index (χ4v) is 4.36. The van der Waals surface area contributed by atoms with Gasteiger partial charge in [-0.15, -0.1) is 0 Å². The Hall–Kier alpha value is -1.13. The summed E-state index contributed by atoms with van der Waals surface area (Å²) < 4.78 is 1.97. The quantitative estimate of drug-likeness (QED) is 0.750. The Labute approximate surface area is 112 Å². The van der Waals surface area contributed by atoms with Crippen molar-refractivity contribution >= 4 is 0 Å². The first-order chi connectivity index (χ1) is 9.22. The van der Waals surface area contributed by atoms with Gasteiger partial charge in [-0.3, -0.25) is 9.69 Å². The van der Waals surface area contributed by atoms with Crippen molar-refractivity contribution in [3.05, 3.63) is 34.2 Å². The molecule has 0 unspecified atom stereocenters. The second-order valence-corrected chi connectivity index (χ2v) is 6.33. The number of aromatic nitrogens is 1. The third-order valence-electron chi connectivity index (χ3n) is 5.24. The normalized spacial score (nSPS) is 37.5. The summed E-state index contributed by atoms with van der Waals surface area (Å²) in [6.45, 7) is 2.90. The summed E-state index contributed by atoms with van der Waals surface area (Å²) in [5.74, 6) is 1.03. The highest BCUT2D eigenvalue weighted by Gasteiger charge is 2.43. The topological polar surface area (TPSA) is 45.5 Å². The minimum absolute atomic E-state index is 0.136. The fourth-order valence-electron chi connectivity index (χ4n) is 4.36. The largest absolute Gasteiger partial charge is 0.393 e. The molecule has 0 saturated carbocycles. The highest BCUT2D eigenvalue weighted by Crippen LogP contribution is 2.41. The van der Waals surface area contributed by atoms with E-state index in [1.54, 1.807) is 6.07 Å². The van der Waals surface area contributed by atoms with Crippen LogP contribution in [0, 0.1) is 5.92 Å². The van der Waals surface area contributed by atoms with Crippen molar-refractivity contribution < 1.29 is 5.11 Å². The molecule has 4 nitrogen and oxygen atoms in total. The lowest BCUT2D eigenvalue weighted by molar-refractivity contribution is -0.0247. The number of aliphatic hydroxyl groups is 1. The number of hydrogen-bond donors (Lipinski definition) is 1. The molecule has 4 heterocycles. The van der Waals surface area contributed by atoms with Crippen molar-refractivity contribution in [3.63, 3.8) is 0 Å². The van der Waals surface area contributed by atoms with E-state index in [0.717, 1.165) is 32.5 Å². The Morgan fingerprint density at radius 3 is 3.00 bits per heavy atom. The van der Waals surface area contributed by atoms with E-state index < -0.39 is 0 Å². The smallest absolute Gasteiger partial charge is 0.250 e.